The molecule has 0 bridgehead atoms. The molecule has 0 aliphatic heterocycles. The van der Waals surface area contributed by atoms with E-state index in [1.54, 1.807) is 0 Å². The van der Waals surface area contributed by atoms with E-state index < -0.39 is 11.4 Å². The molecule has 3 heteroatoms. The highest BCUT2D eigenvalue weighted by Crippen LogP contribution is 2.75. The van der Waals surface area contributed by atoms with E-state index in [0.717, 1.165) is 44.9 Å². The molecule has 0 unspecified atom stereocenters. The SMILES string of the molecule is C[C@H]1[C@H](C)CC[C@]2(C(=O)O)CC[C@]3(C)C(=CC[C@@H]4[C@@]5(C)CC[C@H](O)C(C)(C)[C@H]5CC[C@]43C)[C@H]12. The maximum absolute atomic E-state index is 12.8. The second kappa shape index (κ2) is 7.11. The summed E-state index contributed by atoms with van der Waals surface area (Å²) in [5.41, 5.74) is 1.46. The zero-order valence-electron chi connectivity index (χ0n) is 22.2. The van der Waals surface area contributed by atoms with Crippen LogP contribution in [0.15, 0.2) is 11.6 Å². The highest BCUT2D eigenvalue weighted by Gasteiger charge is 2.69. The van der Waals surface area contributed by atoms with Gasteiger partial charge in [0.15, 0.2) is 0 Å². The van der Waals surface area contributed by atoms with Crippen LogP contribution in [0.3, 0.4) is 0 Å². The van der Waals surface area contributed by atoms with Crippen LogP contribution in [0.2, 0.25) is 0 Å². The summed E-state index contributed by atoms with van der Waals surface area (Å²) in [6, 6.07) is 0. The molecular formula is C30H48O3. The van der Waals surface area contributed by atoms with Gasteiger partial charge in [-0.2, -0.15) is 0 Å². The fraction of sp³-hybridized carbons (Fsp3) is 0.900. The summed E-state index contributed by atoms with van der Waals surface area (Å²) in [4.78, 5) is 12.8. The first-order chi connectivity index (χ1) is 15.3. The van der Waals surface area contributed by atoms with Crippen molar-refractivity contribution in [3.63, 3.8) is 0 Å². The van der Waals surface area contributed by atoms with Gasteiger partial charge in [0.05, 0.1) is 11.5 Å². The van der Waals surface area contributed by atoms with Crippen LogP contribution in [0.1, 0.15) is 106 Å². The molecule has 0 heterocycles. The summed E-state index contributed by atoms with van der Waals surface area (Å²) in [5, 5.41) is 21.4. The number of allylic oxidation sites excluding steroid dienone is 2. The number of rotatable bonds is 1. The zero-order chi connectivity index (χ0) is 24.2. The minimum absolute atomic E-state index is 0.0302. The Balaban J connectivity index is 1.61. The summed E-state index contributed by atoms with van der Waals surface area (Å²) < 4.78 is 0. The lowest BCUT2D eigenvalue weighted by atomic mass is 9.33. The summed E-state index contributed by atoms with van der Waals surface area (Å²) in [5.74, 6) is 1.82. The van der Waals surface area contributed by atoms with E-state index in [-0.39, 0.29) is 33.7 Å². The van der Waals surface area contributed by atoms with E-state index in [4.69, 9.17) is 0 Å². The molecule has 0 radical (unpaired) electrons. The number of hydrogen-bond donors (Lipinski definition) is 2. The van der Waals surface area contributed by atoms with E-state index in [9.17, 15) is 15.0 Å². The van der Waals surface area contributed by atoms with Crippen molar-refractivity contribution >= 4 is 5.97 Å². The van der Waals surface area contributed by atoms with Gasteiger partial charge in [0.25, 0.3) is 0 Å². The van der Waals surface area contributed by atoms with Crippen LogP contribution in [0.5, 0.6) is 0 Å². The van der Waals surface area contributed by atoms with Crippen LogP contribution in [-0.4, -0.2) is 22.3 Å². The van der Waals surface area contributed by atoms with E-state index in [0.29, 0.717) is 23.7 Å². The van der Waals surface area contributed by atoms with Gasteiger partial charge in [-0.1, -0.05) is 60.1 Å². The van der Waals surface area contributed by atoms with Gasteiger partial charge in [-0.25, -0.2) is 0 Å². The summed E-state index contributed by atoms with van der Waals surface area (Å²) in [6.45, 7) is 17.0. The van der Waals surface area contributed by atoms with Crippen molar-refractivity contribution < 1.29 is 15.0 Å². The first-order valence-electron chi connectivity index (χ1n) is 13.9. The van der Waals surface area contributed by atoms with Gasteiger partial charge in [0.2, 0.25) is 0 Å². The molecule has 33 heavy (non-hydrogen) atoms. The van der Waals surface area contributed by atoms with Gasteiger partial charge >= 0.3 is 5.97 Å². The predicted molar refractivity (Wildman–Crippen MR) is 133 cm³/mol. The molecule has 0 aromatic rings. The normalized spacial score (nSPS) is 55.3. The third-order valence-electron chi connectivity index (χ3n) is 13.4. The Kier molecular flexibility index (Phi) is 5.15. The number of carbonyl (C=O) groups is 1. The van der Waals surface area contributed by atoms with E-state index in [2.05, 4.69) is 54.5 Å². The maximum Gasteiger partial charge on any atom is 0.310 e. The zero-order valence-corrected chi connectivity index (χ0v) is 22.2. The second-order valence-corrected chi connectivity index (χ2v) is 14.5. The van der Waals surface area contributed by atoms with Gasteiger partial charge in [0, 0.05) is 0 Å². The largest absolute Gasteiger partial charge is 0.481 e. The van der Waals surface area contributed by atoms with Crippen molar-refractivity contribution in [2.24, 2.45) is 56.7 Å². The van der Waals surface area contributed by atoms with Crippen molar-refractivity contribution in [2.45, 2.75) is 112 Å². The summed E-state index contributed by atoms with van der Waals surface area (Å²) in [7, 11) is 0. The fourth-order valence-corrected chi connectivity index (χ4v) is 10.8. The monoisotopic (exact) mass is 456 g/mol. The molecule has 0 saturated heterocycles. The minimum atomic E-state index is -0.557. The van der Waals surface area contributed by atoms with E-state index in [1.807, 2.05) is 0 Å². The molecule has 5 aliphatic rings. The Labute approximate surface area is 201 Å². The number of aliphatic hydroxyl groups is 1. The molecule has 0 amide bonds. The number of carboxylic acid groups (broad SMARTS) is 1. The number of fused-ring (bicyclic) bond motifs is 7. The third-order valence-corrected chi connectivity index (χ3v) is 13.4. The first kappa shape index (κ1) is 23.9. The van der Waals surface area contributed by atoms with Gasteiger partial charge in [-0.05, 0) is 109 Å². The van der Waals surface area contributed by atoms with Crippen molar-refractivity contribution in [1.82, 2.24) is 0 Å². The van der Waals surface area contributed by atoms with Crippen LogP contribution in [-0.2, 0) is 4.79 Å². The Morgan fingerprint density at radius 3 is 2.27 bits per heavy atom. The van der Waals surface area contributed by atoms with Crippen molar-refractivity contribution in [3.05, 3.63) is 11.6 Å². The van der Waals surface area contributed by atoms with Gasteiger partial charge in [-0.3, -0.25) is 4.79 Å². The van der Waals surface area contributed by atoms with Crippen molar-refractivity contribution in [1.29, 1.82) is 0 Å². The number of aliphatic carboxylic acids is 1. The molecule has 186 valence electrons. The molecule has 3 nitrogen and oxygen atoms in total. The summed E-state index contributed by atoms with van der Waals surface area (Å²) in [6.07, 6.45) is 11.6. The van der Waals surface area contributed by atoms with Crippen LogP contribution in [0.25, 0.3) is 0 Å². The summed E-state index contributed by atoms with van der Waals surface area (Å²) >= 11 is 0. The molecule has 4 fully saturated rings. The van der Waals surface area contributed by atoms with Crippen LogP contribution < -0.4 is 0 Å². The van der Waals surface area contributed by atoms with E-state index in [1.165, 1.54) is 18.4 Å². The highest BCUT2D eigenvalue weighted by molar-refractivity contribution is 5.76. The number of aliphatic hydroxyl groups excluding tert-OH is 1. The molecular weight excluding hydrogens is 408 g/mol. The quantitative estimate of drug-likeness (QED) is 0.414. The fourth-order valence-electron chi connectivity index (χ4n) is 10.8. The lowest BCUT2D eigenvalue weighted by Crippen LogP contribution is -2.65. The topological polar surface area (TPSA) is 57.5 Å². The molecule has 5 aliphatic carbocycles. The highest BCUT2D eigenvalue weighted by atomic mass is 16.4. The van der Waals surface area contributed by atoms with Gasteiger partial charge in [0.1, 0.15) is 0 Å². The van der Waals surface area contributed by atoms with Crippen molar-refractivity contribution in [2.75, 3.05) is 0 Å². The predicted octanol–water partition coefficient (Wildman–Crippen LogP) is 7.09. The van der Waals surface area contributed by atoms with Crippen LogP contribution in [0, 0.1) is 56.7 Å². The Morgan fingerprint density at radius 1 is 0.909 bits per heavy atom. The molecule has 0 aromatic carbocycles. The molecule has 10 atom stereocenters. The Bertz CT molecular complexity index is 874. The standard InChI is InChI=1S/C30H48O3/c1-18-10-15-30(25(32)33)17-16-28(6)20(24(30)19(18)2)8-9-22-27(5)13-12-23(31)26(3,4)21(27)11-14-29(22,28)7/h8,18-19,21-24,31H,9-17H2,1-7H3,(H,32,33)/t18-,19+,21-,22-,23+,24+,27+,28-,29-,30+/m1/s1. The molecule has 4 saturated carbocycles. The molecule has 5 rings (SSSR count). The maximum atomic E-state index is 12.8. The third kappa shape index (κ3) is 2.75. The van der Waals surface area contributed by atoms with Gasteiger partial charge < -0.3 is 10.2 Å². The Morgan fingerprint density at radius 2 is 1.61 bits per heavy atom. The lowest BCUT2D eigenvalue weighted by molar-refractivity contribution is -0.206. The number of hydrogen-bond acceptors (Lipinski definition) is 2. The lowest BCUT2D eigenvalue weighted by Gasteiger charge is -2.71. The molecule has 0 spiro atoms. The Hall–Kier alpha value is -0.830. The second-order valence-electron chi connectivity index (χ2n) is 14.5. The number of carboxylic acids is 1. The average molecular weight is 457 g/mol. The molecule has 0 aromatic heterocycles. The van der Waals surface area contributed by atoms with Gasteiger partial charge in [-0.15, -0.1) is 0 Å². The van der Waals surface area contributed by atoms with Crippen LogP contribution >= 0.6 is 0 Å². The van der Waals surface area contributed by atoms with Crippen LogP contribution in [0.4, 0.5) is 0 Å². The molecule has 2 N–H and O–H groups in total. The average Bonchev–Trinajstić information content (AvgIpc) is 2.74. The van der Waals surface area contributed by atoms with Crippen molar-refractivity contribution in [3.8, 4) is 0 Å². The smallest absolute Gasteiger partial charge is 0.310 e. The minimum Gasteiger partial charge on any atom is -0.481 e. The first-order valence-corrected chi connectivity index (χ1v) is 13.9. The van der Waals surface area contributed by atoms with E-state index >= 15 is 0 Å².